The first-order valence-electron chi connectivity index (χ1n) is 8.83. The van der Waals surface area contributed by atoms with Crippen LogP contribution in [0.2, 0.25) is 0 Å². The normalized spacial score (nSPS) is 14.3. The topological polar surface area (TPSA) is 89.8 Å². The van der Waals surface area contributed by atoms with Gasteiger partial charge in [-0.1, -0.05) is 36.0 Å². The summed E-state index contributed by atoms with van der Waals surface area (Å²) in [4.78, 5) is 19.6. The highest BCUT2D eigenvalue weighted by atomic mass is 32.2. The zero-order valence-corrected chi connectivity index (χ0v) is 16.3. The number of amidine groups is 1. The zero-order chi connectivity index (χ0) is 19.8. The molecule has 2 N–H and O–H groups in total. The van der Waals surface area contributed by atoms with Gasteiger partial charge in [0.1, 0.15) is 0 Å². The maximum Gasteiger partial charge on any atom is 0.257 e. The average Bonchev–Trinajstić information content (AvgIpc) is 2.74. The number of nitrogens with one attached hydrogen (secondary N) is 2. The van der Waals surface area contributed by atoms with Crippen molar-refractivity contribution in [1.29, 1.82) is 5.26 Å². The Hall–Kier alpha value is -3.02. The number of morpholine rings is 1. The summed E-state index contributed by atoms with van der Waals surface area (Å²) in [6.45, 7) is 2.90. The number of benzene rings is 2. The minimum absolute atomic E-state index is 0.252. The van der Waals surface area contributed by atoms with Crippen molar-refractivity contribution < 1.29 is 9.53 Å². The smallest absolute Gasteiger partial charge is 0.257 e. The summed E-state index contributed by atoms with van der Waals surface area (Å²) in [5.41, 5.74) is 2.64. The van der Waals surface area contributed by atoms with Gasteiger partial charge in [-0.2, -0.15) is 5.26 Å². The second kappa shape index (κ2) is 9.78. The number of carbonyl (C=O) groups is 1. The number of amides is 1. The van der Waals surface area contributed by atoms with Crippen LogP contribution in [0.1, 0.15) is 10.4 Å². The fourth-order valence-electron chi connectivity index (χ4n) is 2.89. The molecule has 0 unspecified atom stereocenters. The molecule has 144 valence electrons. The highest BCUT2D eigenvalue weighted by Crippen LogP contribution is 2.28. The summed E-state index contributed by atoms with van der Waals surface area (Å²) in [6, 6.07) is 14.8. The molecule has 1 heterocycles. The number of carbonyl (C=O) groups excluding carboxylic acids is 1. The van der Waals surface area contributed by atoms with Gasteiger partial charge < -0.3 is 15.0 Å². The minimum atomic E-state index is -0.252. The second-order valence-electron chi connectivity index (χ2n) is 5.95. The summed E-state index contributed by atoms with van der Waals surface area (Å²) in [7, 11) is 0. The van der Waals surface area contributed by atoms with Crippen molar-refractivity contribution in [2.75, 3.05) is 42.8 Å². The molecule has 1 amide bonds. The van der Waals surface area contributed by atoms with Crippen molar-refractivity contribution in [3.8, 4) is 6.19 Å². The fourth-order valence-corrected chi connectivity index (χ4v) is 3.23. The predicted molar refractivity (Wildman–Crippen MR) is 113 cm³/mol. The van der Waals surface area contributed by atoms with E-state index in [2.05, 4.69) is 20.5 Å². The Morgan fingerprint density at radius 2 is 1.89 bits per heavy atom. The molecule has 0 aliphatic carbocycles. The number of rotatable bonds is 4. The maximum absolute atomic E-state index is 13.0. The van der Waals surface area contributed by atoms with E-state index < -0.39 is 0 Å². The third kappa shape index (κ3) is 4.82. The van der Waals surface area contributed by atoms with Crippen molar-refractivity contribution in [3.63, 3.8) is 0 Å². The van der Waals surface area contributed by atoms with Crippen LogP contribution in [0.5, 0.6) is 0 Å². The highest BCUT2D eigenvalue weighted by molar-refractivity contribution is 8.13. The van der Waals surface area contributed by atoms with E-state index in [1.165, 1.54) is 11.8 Å². The Labute approximate surface area is 168 Å². The molecule has 0 radical (unpaired) electrons. The SMILES string of the molecule is CSC(=Nc1ccccc1C(=O)Nc1ccccc1N1CCOCC1)NC#N. The Morgan fingerprint density at radius 1 is 1.18 bits per heavy atom. The first-order valence-corrected chi connectivity index (χ1v) is 10.1. The van der Waals surface area contributed by atoms with E-state index in [4.69, 9.17) is 10.00 Å². The van der Waals surface area contributed by atoms with Crippen LogP contribution in [0.3, 0.4) is 0 Å². The van der Waals surface area contributed by atoms with E-state index in [9.17, 15) is 4.79 Å². The molecule has 7 nitrogen and oxygen atoms in total. The number of nitrogens with zero attached hydrogens (tertiary/aromatic N) is 3. The van der Waals surface area contributed by atoms with Gasteiger partial charge in [0.2, 0.25) is 0 Å². The first kappa shape index (κ1) is 19.7. The molecule has 3 rings (SSSR count). The quantitative estimate of drug-likeness (QED) is 0.358. The lowest BCUT2D eigenvalue weighted by molar-refractivity contribution is 0.102. The molecule has 0 aromatic heterocycles. The number of aliphatic imine (C=N–C) groups is 1. The lowest BCUT2D eigenvalue weighted by atomic mass is 10.1. The maximum atomic E-state index is 13.0. The van der Waals surface area contributed by atoms with Crippen LogP contribution >= 0.6 is 11.8 Å². The molecule has 1 saturated heterocycles. The van der Waals surface area contributed by atoms with Crippen LogP contribution in [0, 0.1) is 11.5 Å². The molecular formula is C20H21N5O2S. The van der Waals surface area contributed by atoms with Gasteiger partial charge in [0, 0.05) is 13.1 Å². The molecule has 2 aromatic carbocycles. The van der Waals surface area contributed by atoms with Crippen LogP contribution in [0.15, 0.2) is 53.5 Å². The van der Waals surface area contributed by atoms with Crippen LogP contribution < -0.4 is 15.5 Å². The Balaban J connectivity index is 1.86. The molecular weight excluding hydrogens is 374 g/mol. The van der Waals surface area contributed by atoms with Gasteiger partial charge >= 0.3 is 0 Å². The van der Waals surface area contributed by atoms with E-state index in [0.29, 0.717) is 29.6 Å². The molecule has 0 saturated carbocycles. The largest absolute Gasteiger partial charge is 0.378 e. The number of hydrogen-bond acceptors (Lipinski definition) is 6. The third-order valence-corrected chi connectivity index (χ3v) is 4.81. The van der Waals surface area contributed by atoms with Gasteiger partial charge in [-0.15, -0.1) is 0 Å². The summed E-state index contributed by atoms with van der Waals surface area (Å²) >= 11 is 1.30. The standard InChI is InChI=1S/C20H21N5O2S/c1-28-20(22-14-21)24-16-7-3-2-6-15(16)19(26)23-17-8-4-5-9-18(17)25-10-12-27-13-11-25/h2-9H,10-13H2,1H3,(H,22,24)(H,23,26). The number of para-hydroxylation sites is 3. The third-order valence-electron chi connectivity index (χ3n) is 4.23. The van der Waals surface area contributed by atoms with Crippen molar-refractivity contribution in [2.45, 2.75) is 0 Å². The number of ether oxygens (including phenoxy) is 1. The Morgan fingerprint density at radius 3 is 2.64 bits per heavy atom. The number of nitriles is 1. The van der Waals surface area contributed by atoms with E-state index in [1.807, 2.05) is 42.8 Å². The van der Waals surface area contributed by atoms with Crippen LogP contribution in [-0.4, -0.2) is 43.6 Å². The van der Waals surface area contributed by atoms with E-state index in [1.54, 1.807) is 18.2 Å². The monoisotopic (exact) mass is 395 g/mol. The second-order valence-corrected chi connectivity index (χ2v) is 6.74. The molecule has 1 aliphatic rings. The summed E-state index contributed by atoms with van der Waals surface area (Å²) in [5.74, 6) is -0.252. The zero-order valence-electron chi connectivity index (χ0n) is 15.5. The van der Waals surface area contributed by atoms with Gasteiger partial charge in [0.05, 0.1) is 35.8 Å². The first-order chi connectivity index (χ1) is 13.7. The molecule has 0 spiro atoms. The van der Waals surface area contributed by atoms with Gasteiger partial charge in [-0.3, -0.25) is 10.1 Å². The summed E-state index contributed by atoms with van der Waals surface area (Å²) in [5, 5.41) is 14.8. The molecule has 2 aromatic rings. The summed E-state index contributed by atoms with van der Waals surface area (Å²) in [6.07, 6.45) is 3.66. The van der Waals surface area contributed by atoms with Crippen molar-refractivity contribution in [1.82, 2.24) is 5.32 Å². The van der Waals surface area contributed by atoms with Crippen LogP contribution in [-0.2, 0) is 4.74 Å². The molecule has 1 fully saturated rings. The van der Waals surface area contributed by atoms with E-state index >= 15 is 0 Å². The van der Waals surface area contributed by atoms with Gasteiger partial charge in [0.25, 0.3) is 5.91 Å². The van der Waals surface area contributed by atoms with E-state index in [-0.39, 0.29) is 5.91 Å². The lowest BCUT2D eigenvalue weighted by Gasteiger charge is -2.30. The molecule has 1 aliphatic heterocycles. The van der Waals surface area contributed by atoms with Gasteiger partial charge in [-0.05, 0) is 30.5 Å². The van der Waals surface area contributed by atoms with E-state index in [0.717, 1.165) is 24.5 Å². The highest BCUT2D eigenvalue weighted by Gasteiger charge is 2.17. The van der Waals surface area contributed by atoms with Gasteiger partial charge in [-0.25, -0.2) is 4.99 Å². The predicted octanol–water partition coefficient (Wildman–Crippen LogP) is 3.20. The molecule has 0 bridgehead atoms. The number of thioether (sulfide) groups is 1. The van der Waals surface area contributed by atoms with Crippen LogP contribution in [0.25, 0.3) is 0 Å². The number of anilines is 2. The minimum Gasteiger partial charge on any atom is -0.378 e. The average molecular weight is 395 g/mol. The number of hydrogen-bond donors (Lipinski definition) is 2. The summed E-state index contributed by atoms with van der Waals surface area (Å²) < 4.78 is 5.42. The van der Waals surface area contributed by atoms with Crippen molar-refractivity contribution in [2.24, 2.45) is 4.99 Å². The lowest BCUT2D eigenvalue weighted by Crippen LogP contribution is -2.36. The van der Waals surface area contributed by atoms with Crippen LogP contribution in [0.4, 0.5) is 17.1 Å². The van der Waals surface area contributed by atoms with Crippen molar-refractivity contribution >= 4 is 39.9 Å². The molecule has 28 heavy (non-hydrogen) atoms. The Bertz CT molecular complexity index is 903. The van der Waals surface area contributed by atoms with Crippen molar-refractivity contribution in [3.05, 3.63) is 54.1 Å². The molecule has 0 atom stereocenters. The molecule has 8 heteroatoms. The van der Waals surface area contributed by atoms with Gasteiger partial charge in [0.15, 0.2) is 11.4 Å². The Kier molecular flexibility index (Phi) is 6.89. The fraction of sp³-hybridized carbons (Fsp3) is 0.250.